The number of aryl methyl sites for hydroxylation is 3. The summed E-state index contributed by atoms with van der Waals surface area (Å²) in [4.78, 5) is 8.96. The van der Waals surface area contributed by atoms with E-state index in [-0.39, 0.29) is 5.82 Å². The molecule has 0 unspecified atom stereocenters. The number of aromatic nitrogens is 2. The molecule has 1 heterocycles. The van der Waals surface area contributed by atoms with Crippen molar-refractivity contribution in [2.45, 2.75) is 45.4 Å². The van der Waals surface area contributed by atoms with Crippen LogP contribution >= 0.6 is 11.6 Å². The highest BCUT2D eigenvalue weighted by molar-refractivity contribution is 6.30. The molecule has 0 aliphatic carbocycles. The number of benzene rings is 3. The normalized spacial score (nSPS) is 11.3. The molecule has 170 valence electrons. The summed E-state index contributed by atoms with van der Waals surface area (Å²) in [5.74, 6) is -1.35. The van der Waals surface area contributed by atoms with E-state index >= 15 is 4.39 Å². The van der Waals surface area contributed by atoms with Crippen LogP contribution in [0.1, 0.15) is 42.9 Å². The van der Waals surface area contributed by atoms with Gasteiger partial charge in [-0.25, -0.2) is 23.1 Å². The molecule has 33 heavy (non-hydrogen) atoms. The van der Waals surface area contributed by atoms with Gasteiger partial charge in [-0.1, -0.05) is 55.6 Å². The smallest absolute Gasteiger partial charge is 0.159 e. The number of halogens is 4. The molecule has 0 saturated heterocycles. The maximum absolute atomic E-state index is 15.1. The van der Waals surface area contributed by atoms with Gasteiger partial charge in [-0.05, 0) is 66.0 Å². The van der Waals surface area contributed by atoms with Crippen LogP contribution in [0.3, 0.4) is 0 Å². The van der Waals surface area contributed by atoms with Crippen molar-refractivity contribution in [3.63, 3.8) is 0 Å². The zero-order valence-corrected chi connectivity index (χ0v) is 19.1. The fourth-order valence-corrected chi connectivity index (χ4v) is 4.02. The van der Waals surface area contributed by atoms with E-state index in [0.717, 1.165) is 29.4 Å². The van der Waals surface area contributed by atoms with Crippen LogP contribution in [0.15, 0.2) is 54.9 Å². The van der Waals surface area contributed by atoms with E-state index in [4.69, 9.17) is 11.6 Å². The summed E-state index contributed by atoms with van der Waals surface area (Å²) in [5, 5.41) is 0.704. The summed E-state index contributed by atoms with van der Waals surface area (Å²) >= 11 is 5.53. The molecule has 2 nitrogen and oxygen atoms in total. The van der Waals surface area contributed by atoms with Crippen LogP contribution < -0.4 is 0 Å². The Balaban J connectivity index is 1.51. The van der Waals surface area contributed by atoms with E-state index in [0.29, 0.717) is 35.2 Å². The lowest BCUT2D eigenvalue weighted by Gasteiger charge is -2.09. The van der Waals surface area contributed by atoms with E-state index in [2.05, 4.69) is 16.9 Å². The number of nitrogens with zero attached hydrogens (tertiary/aromatic N) is 2. The van der Waals surface area contributed by atoms with Gasteiger partial charge in [-0.2, -0.15) is 0 Å². The fraction of sp³-hybridized carbons (Fsp3) is 0.259. The number of hydrogen-bond donors (Lipinski definition) is 0. The molecule has 0 aliphatic heterocycles. The molecule has 0 bridgehead atoms. The van der Waals surface area contributed by atoms with Gasteiger partial charge in [0.25, 0.3) is 0 Å². The van der Waals surface area contributed by atoms with Crippen molar-refractivity contribution in [2.75, 3.05) is 0 Å². The first-order valence-electron chi connectivity index (χ1n) is 11.1. The van der Waals surface area contributed by atoms with Crippen molar-refractivity contribution in [3.05, 3.63) is 94.0 Å². The minimum atomic E-state index is -0.811. The largest absolute Gasteiger partial charge is 0.236 e. The highest BCUT2D eigenvalue weighted by atomic mass is 35.5. The molecule has 0 aliphatic rings. The SMILES string of the molecule is CCCCCc1cnc(-c2ccc3c(F)c(CCc4cc(F)c(Cl)c(F)c4)ccc3c2)nc1. The number of rotatable bonds is 8. The lowest BCUT2D eigenvalue weighted by molar-refractivity contribution is 0.579. The Morgan fingerprint density at radius 2 is 1.52 bits per heavy atom. The van der Waals surface area contributed by atoms with Crippen molar-refractivity contribution in [1.82, 2.24) is 9.97 Å². The first-order valence-corrected chi connectivity index (χ1v) is 11.5. The van der Waals surface area contributed by atoms with Crippen molar-refractivity contribution in [2.24, 2.45) is 0 Å². The molecular formula is C27H24ClF3N2. The second kappa shape index (κ2) is 10.3. The second-order valence-electron chi connectivity index (χ2n) is 8.22. The van der Waals surface area contributed by atoms with E-state index in [9.17, 15) is 8.78 Å². The molecule has 0 N–H and O–H groups in total. The molecule has 0 fully saturated rings. The predicted octanol–water partition coefficient (Wildman–Crippen LogP) is 7.89. The minimum absolute atomic E-state index is 0.296. The van der Waals surface area contributed by atoms with E-state index < -0.39 is 16.7 Å². The van der Waals surface area contributed by atoms with Crippen LogP contribution in [0.2, 0.25) is 5.02 Å². The van der Waals surface area contributed by atoms with Gasteiger partial charge in [0, 0.05) is 23.3 Å². The van der Waals surface area contributed by atoms with Gasteiger partial charge in [0.15, 0.2) is 5.82 Å². The third-order valence-electron chi connectivity index (χ3n) is 5.79. The monoisotopic (exact) mass is 468 g/mol. The Bertz CT molecular complexity index is 1250. The highest BCUT2D eigenvalue weighted by Crippen LogP contribution is 2.27. The molecule has 6 heteroatoms. The van der Waals surface area contributed by atoms with E-state index in [1.54, 1.807) is 12.1 Å². The Morgan fingerprint density at radius 3 is 2.21 bits per heavy atom. The second-order valence-corrected chi connectivity index (χ2v) is 8.60. The van der Waals surface area contributed by atoms with Gasteiger partial charge in [-0.3, -0.25) is 0 Å². The van der Waals surface area contributed by atoms with E-state index in [1.165, 1.54) is 25.0 Å². The van der Waals surface area contributed by atoms with Gasteiger partial charge >= 0.3 is 0 Å². The lowest BCUT2D eigenvalue weighted by atomic mass is 9.99. The first kappa shape index (κ1) is 23.2. The summed E-state index contributed by atoms with van der Waals surface area (Å²) in [5.41, 5.74) is 2.85. The van der Waals surface area contributed by atoms with Gasteiger partial charge in [0.1, 0.15) is 22.5 Å². The Labute approximate surface area is 196 Å². The van der Waals surface area contributed by atoms with Gasteiger partial charge < -0.3 is 0 Å². The number of unbranched alkanes of at least 4 members (excludes halogenated alkanes) is 2. The molecule has 0 amide bonds. The highest BCUT2D eigenvalue weighted by Gasteiger charge is 2.12. The maximum Gasteiger partial charge on any atom is 0.159 e. The molecule has 0 spiro atoms. The Morgan fingerprint density at radius 1 is 0.788 bits per heavy atom. The molecule has 0 saturated carbocycles. The fourth-order valence-electron chi connectivity index (χ4n) is 3.91. The van der Waals surface area contributed by atoms with Crippen molar-refractivity contribution in [1.29, 1.82) is 0 Å². The third-order valence-corrected chi connectivity index (χ3v) is 6.15. The van der Waals surface area contributed by atoms with Crippen LogP contribution in [0, 0.1) is 17.5 Å². The first-order chi connectivity index (χ1) is 16.0. The van der Waals surface area contributed by atoms with Gasteiger partial charge in [0.2, 0.25) is 0 Å². The van der Waals surface area contributed by atoms with Crippen molar-refractivity contribution >= 4 is 22.4 Å². The van der Waals surface area contributed by atoms with Crippen molar-refractivity contribution < 1.29 is 13.2 Å². The molecule has 4 aromatic rings. The molecule has 3 aromatic carbocycles. The average Bonchev–Trinajstić information content (AvgIpc) is 2.82. The van der Waals surface area contributed by atoms with E-state index in [1.807, 2.05) is 30.6 Å². The summed E-state index contributed by atoms with van der Waals surface area (Å²) in [7, 11) is 0. The zero-order valence-electron chi connectivity index (χ0n) is 18.3. The minimum Gasteiger partial charge on any atom is -0.236 e. The molecule has 0 atom stereocenters. The summed E-state index contributed by atoms with van der Waals surface area (Å²) in [6, 6.07) is 11.3. The summed E-state index contributed by atoms with van der Waals surface area (Å²) in [6.07, 6.45) is 8.77. The zero-order chi connectivity index (χ0) is 23.4. The van der Waals surface area contributed by atoms with Crippen LogP contribution in [0.25, 0.3) is 22.2 Å². The van der Waals surface area contributed by atoms with Crippen LogP contribution in [-0.4, -0.2) is 9.97 Å². The van der Waals surface area contributed by atoms with Gasteiger partial charge in [-0.15, -0.1) is 0 Å². The van der Waals surface area contributed by atoms with Crippen molar-refractivity contribution in [3.8, 4) is 11.4 Å². The average molecular weight is 469 g/mol. The molecule has 0 radical (unpaired) electrons. The molecule has 1 aromatic heterocycles. The standard InChI is InChI=1S/C27H24ClF3N2/c1-2-3-4-5-18-15-32-27(33-16-18)21-10-11-22-20(14-21)9-8-19(26(22)31)7-6-17-12-23(29)25(28)24(30)13-17/h8-16H,2-7H2,1H3. The molecule has 4 rings (SSSR count). The number of fused-ring (bicyclic) bond motifs is 1. The topological polar surface area (TPSA) is 25.8 Å². The van der Waals surface area contributed by atoms with Gasteiger partial charge in [0.05, 0.1) is 0 Å². The van der Waals surface area contributed by atoms with Crippen LogP contribution in [0.4, 0.5) is 13.2 Å². The van der Waals surface area contributed by atoms with Crippen LogP contribution in [-0.2, 0) is 19.3 Å². The quantitative estimate of drug-likeness (QED) is 0.194. The number of hydrogen-bond acceptors (Lipinski definition) is 2. The predicted molar refractivity (Wildman–Crippen MR) is 127 cm³/mol. The molecular weight excluding hydrogens is 445 g/mol. The lowest BCUT2D eigenvalue weighted by Crippen LogP contribution is -1.98. The van der Waals surface area contributed by atoms with Crippen LogP contribution in [0.5, 0.6) is 0 Å². The maximum atomic E-state index is 15.1. The third kappa shape index (κ3) is 5.36. The Kier molecular flexibility index (Phi) is 7.29. The summed E-state index contributed by atoms with van der Waals surface area (Å²) < 4.78 is 42.5. The summed E-state index contributed by atoms with van der Waals surface area (Å²) in [6.45, 7) is 2.17. The Hall–Kier alpha value is -2.92.